The Balaban J connectivity index is 1.77. The second kappa shape index (κ2) is 7.62. The van der Waals surface area contributed by atoms with Crippen molar-refractivity contribution in [2.75, 3.05) is 0 Å². The second-order valence-corrected chi connectivity index (χ2v) is 6.80. The van der Waals surface area contributed by atoms with Crippen molar-refractivity contribution in [1.82, 2.24) is 10.2 Å². The number of imide groups is 2. The third-order valence-electron chi connectivity index (χ3n) is 4.91. The van der Waals surface area contributed by atoms with Gasteiger partial charge in [0.15, 0.2) is 0 Å². The molecule has 8 nitrogen and oxygen atoms in total. The Kier molecular flexibility index (Phi) is 5.26. The third-order valence-corrected chi connectivity index (χ3v) is 4.91. The zero-order chi connectivity index (χ0) is 19.6. The molecule has 2 aliphatic rings. The van der Waals surface area contributed by atoms with E-state index >= 15 is 0 Å². The van der Waals surface area contributed by atoms with Gasteiger partial charge in [0.1, 0.15) is 11.8 Å². The summed E-state index contributed by atoms with van der Waals surface area (Å²) in [6, 6.07) is 3.96. The number of ether oxygens (including phenoxy) is 1. The first-order valence-electron chi connectivity index (χ1n) is 8.71. The Bertz CT molecular complexity index is 844. The van der Waals surface area contributed by atoms with E-state index in [-0.39, 0.29) is 31.2 Å². The van der Waals surface area contributed by atoms with Crippen LogP contribution in [0.3, 0.4) is 0 Å². The molecule has 138 valence electrons. The summed E-state index contributed by atoms with van der Waals surface area (Å²) in [6.07, 6.45) is 1.70. The average Bonchev–Trinajstić information content (AvgIpc) is 2.61. The molecule has 0 spiro atoms. The number of nitrogens with zero attached hydrogens (tertiary/aromatic N) is 2. The van der Waals surface area contributed by atoms with E-state index in [1.165, 1.54) is 0 Å². The molecule has 27 heavy (non-hydrogen) atoms. The predicted octanol–water partition coefficient (Wildman–Crippen LogP) is 0.717. The largest absolute Gasteiger partial charge is 0.492 e. The molecule has 2 aliphatic heterocycles. The number of piperidine rings is 1. The first-order valence-corrected chi connectivity index (χ1v) is 8.71. The number of carbonyl (C=O) groups excluding carboxylic acids is 4. The number of benzene rings is 1. The van der Waals surface area contributed by atoms with Crippen LogP contribution >= 0.6 is 0 Å². The van der Waals surface area contributed by atoms with Gasteiger partial charge in [0.25, 0.3) is 12.6 Å². The van der Waals surface area contributed by atoms with Gasteiger partial charge in [0.05, 0.1) is 6.10 Å². The highest BCUT2D eigenvalue weighted by atomic mass is 16.5. The number of carbonyl (C=O) groups is 4. The molecule has 9 heteroatoms. The molecule has 3 rings (SSSR count). The molecule has 1 aromatic carbocycles. The number of amides is 4. The van der Waals surface area contributed by atoms with Gasteiger partial charge in [0, 0.05) is 18.0 Å². The van der Waals surface area contributed by atoms with Crippen LogP contribution in [0, 0.1) is 18.2 Å². The summed E-state index contributed by atoms with van der Waals surface area (Å²) in [7, 11) is 0. The van der Waals surface area contributed by atoms with Gasteiger partial charge in [0.2, 0.25) is 18.2 Å². The summed E-state index contributed by atoms with van der Waals surface area (Å²) in [5, 5.41) is 11.0. The Hall–Kier alpha value is -3.15. The number of hydrogen-bond donors (Lipinski definition) is 1. The van der Waals surface area contributed by atoms with Crippen molar-refractivity contribution < 1.29 is 23.9 Å². The van der Waals surface area contributed by atoms with Gasteiger partial charge in [-0.3, -0.25) is 29.4 Å². The van der Waals surface area contributed by atoms with E-state index in [0.717, 1.165) is 4.90 Å². The molecule has 2 heterocycles. The van der Waals surface area contributed by atoms with Gasteiger partial charge in [-0.05, 0) is 43.7 Å². The molecule has 0 radical (unpaired) electrons. The molecule has 0 aliphatic carbocycles. The minimum Gasteiger partial charge on any atom is -0.492 e. The van der Waals surface area contributed by atoms with E-state index in [0.29, 0.717) is 30.4 Å². The van der Waals surface area contributed by atoms with Gasteiger partial charge in [-0.15, -0.1) is 0 Å². The molecule has 0 saturated carbocycles. The second-order valence-electron chi connectivity index (χ2n) is 6.80. The van der Waals surface area contributed by atoms with Gasteiger partial charge in [-0.1, -0.05) is 6.07 Å². The molecule has 2 fully saturated rings. The van der Waals surface area contributed by atoms with Crippen LogP contribution in [0.2, 0.25) is 12.6 Å². The van der Waals surface area contributed by atoms with Crippen LogP contribution in [-0.4, -0.2) is 47.9 Å². The lowest BCUT2D eigenvalue weighted by Crippen LogP contribution is -2.53. The van der Waals surface area contributed by atoms with Crippen LogP contribution in [0.4, 0.5) is 0 Å². The molecular weight excluding hydrogens is 349 g/mol. The van der Waals surface area contributed by atoms with Crippen molar-refractivity contribution in [2.45, 2.75) is 44.6 Å². The Morgan fingerprint density at radius 3 is 2.78 bits per heavy atom. The summed E-state index contributed by atoms with van der Waals surface area (Å²) >= 11 is 0. The topological polar surface area (TPSA) is 117 Å². The predicted molar refractivity (Wildman–Crippen MR) is 95.0 cm³/mol. The molecule has 1 unspecified atom stereocenters. The van der Waals surface area contributed by atoms with E-state index in [1.807, 2.05) is 0 Å². The number of aryl methyl sites for hydroxylation is 1. The van der Waals surface area contributed by atoms with Crippen LogP contribution in [0.1, 0.15) is 28.8 Å². The maximum Gasteiger partial charge on any atom is 0.275 e. The molecule has 0 aromatic heterocycles. The Morgan fingerprint density at radius 1 is 1.41 bits per heavy atom. The lowest BCUT2D eigenvalue weighted by molar-refractivity contribution is -0.139. The number of hydrogen-bond acceptors (Lipinski definition) is 6. The fourth-order valence-corrected chi connectivity index (χ4v) is 3.21. The maximum atomic E-state index is 12.9. The lowest BCUT2D eigenvalue weighted by Gasteiger charge is -2.30. The van der Waals surface area contributed by atoms with E-state index in [9.17, 15) is 19.2 Å². The van der Waals surface area contributed by atoms with Crippen LogP contribution in [0.15, 0.2) is 18.2 Å². The van der Waals surface area contributed by atoms with E-state index in [1.54, 1.807) is 25.1 Å². The van der Waals surface area contributed by atoms with Crippen molar-refractivity contribution in [1.29, 1.82) is 5.26 Å². The van der Waals surface area contributed by atoms with Crippen molar-refractivity contribution in [3.05, 3.63) is 29.3 Å². The Morgan fingerprint density at radius 2 is 2.15 bits per heavy atom. The van der Waals surface area contributed by atoms with E-state index in [2.05, 4.69) is 11.3 Å². The lowest BCUT2D eigenvalue weighted by atomic mass is 9.35. The molecule has 1 atom stereocenters. The first kappa shape index (κ1) is 18.6. The normalized spacial score (nSPS) is 19.6. The van der Waals surface area contributed by atoms with Crippen LogP contribution in [-0.2, 0) is 14.4 Å². The number of nitrogens with one attached hydrogen (secondary N) is 1. The van der Waals surface area contributed by atoms with E-state index < -0.39 is 23.8 Å². The minimum absolute atomic E-state index is 0.000343. The standard InChI is InChI=1S/C18H18BN3O5/c1-11-2-3-12(27-13-7-19(8-13)9-20)6-14(11)18(26)22(10-23)15-4-5-16(24)21-17(15)25/h2-3,6,10,13,15H,4-5,7-8H2,1H3,(H,21,24,25). The molecule has 1 N–H and O–H groups in total. The zero-order valence-electron chi connectivity index (χ0n) is 14.8. The van der Waals surface area contributed by atoms with Crippen LogP contribution < -0.4 is 10.1 Å². The Labute approximate surface area is 156 Å². The van der Waals surface area contributed by atoms with E-state index in [4.69, 9.17) is 10.00 Å². The van der Waals surface area contributed by atoms with Crippen molar-refractivity contribution in [3.63, 3.8) is 0 Å². The highest BCUT2D eigenvalue weighted by Crippen LogP contribution is 2.28. The highest BCUT2D eigenvalue weighted by molar-refractivity contribution is 6.70. The highest BCUT2D eigenvalue weighted by Gasteiger charge is 2.36. The number of rotatable bonds is 5. The minimum atomic E-state index is -1.01. The first-order chi connectivity index (χ1) is 12.9. The fraction of sp³-hybridized carbons (Fsp3) is 0.389. The summed E-state index contributed by atoms with van der Waals surface area (Å²) < 4.78 is 5.79. The van der Waals surface area contributed by atoms with Crippen molar-refractivity contribution in [2.24, 2.45) is 0 Å². The third kappa shape index (κ3) is 3.84. The van der Waals surface area contributed by atoms with Gasteiger partial charge in [-0.25, -0.2) is 5.26 Å². The monoisotopic (exact) mass is 367 g/mol. The maximum absolute atomic E-state index is 12.9. The average molecular weight is 367 g/mol. The van der Waals surface area contributed by atoms with Gasteiger partial charge >= 0.3 is 0 Å². The van der Waals surface area contributed by atoms with Gasteiger partial charge < -0.3 is 4.74 Å². The summed E-state index contributed by atoms with van der Waals surface area (Å²) in [6.45, 7) is 1.72. The molecule has 1 aromatic rings. The quantitative estimate of drug-likeness (QED) is 0.466. The van der Waals surface area contributed by atoms with Crippen LogP contribution in [0.5, 0.6) is 5.75 Å². The molecular formula is C18H18BN3O5. The summed E-state index contributed by atoms with van der Waals surface area (Å²) in [4.78, 5) is 48.5. The van der Waals surface area contributed by atoms with Crippen molar-refractivity contribution in [3.8, 4) is 11.7 Å². The van der Waals surface area contributed by atoms with Gasteiger partial charge in [-0.2, -0.15) is 0 Å². The zero-order valence-corrected chi connectivity index (χ0v) is 14.8. The fourth-order valence-electron chi connectivity index (χ4n) is 3.21. The van der Waals surface area contributed by atoms with Crippen molar-refractivity contribution >= 4 is 30.8 Å². The number of nitriles is 1. The molecule has 4 amide bonds. The SMILES string of the molecule is Cc1ccc(OC2CB(C#N)C2)cc1C(=O)N(C=O)C1CCC(=O)NC1=O. The summed E-state index contributed by atoms with van der Waals surface area (Å²) in [5.41, 5.74) is 0.885. The van der Waals surface area contributed by atoms with Crippen LogP contribution in [0.25, 0.3) is 0 Å². The smallest absolute Gasteiger partial charge is 0.275 e. The summed E-state index contributed by atoms with van der Waals surface area (Å²) in [5.74, 6) is 0.955. The molecule has 0 bridgehead atoms. The molecule has 2 saturated heterocycles.